The SMILES string of the molecule is COC(=O)c1c(SCCCCl)[nH]c2ccccc12. The molecule has 0 spiro atoms. The number of carbonyl (C=O) groups excluding carboxylic acids is 1. The van der Waals surface area contributed by atoms with E-state index < -0.39 is 0 Å². The standard InChI is InChI=1S/C13H14ClNO2S/c1-17-13(16)11-9-5-2-3-6-10(9)15-12(11)18-8-4-7-14/h2-3,5-6,15H,4,7-8H2,1H3. The van der Waals surface area contributed by atoms with Crippen molar-refractivity contribution in [1.29, 1.82) is 0 Å². The predicted octanol–water partition coefficient (Wildman–Crippen LogP) is 3.68. The smallest absolute Gasteiger partial charge is 0.341 e. The predicted molar refractivity (Wildman–Crippen MR) is 75.7 cm³/mol. The van der Waals surface area contributed by atoms with E-state index in [-0.39, 0.29) is 5.97 Å². The third kappa shape index (κ3) is 2.65. The highest BCUT2D eigenvalue weighted by atomic mass is 35.5. The highest BCUT2D eigenvalue weighted by molar-refractivity contribution is 7.99. The van der Waals surface area contributed by atoms with Gasteiger partial charge in [-0.1, -0.05) is 18.2 Å². The lowest BCUT2D eigenvalue weighted by molar-refractivity contribution is 0.0599. The van der Waals surface area contributed by atoms with Gasteiger partial charge in [0.2, 0.25) is 0 Å². The third-order valence-electron chi connectivity index (χ3n) is 2.59. The molecule has 1 aromatic heterocycles. The normalized spacial score (nSPS) is 10.8. The Morgan fingerprint density at radius 1 is 1.44 bits per heavy atom. The highest BCUT2D eigenvalue weighted by Crippen LogP contribution is 2.30. The fraction of sp³-hybridized carbons (Fsp3) is 0.308. The monoisotopic (exact) mass is 283 g/mol. The number of fused-ring (bicyclic) bond motifs is 1. The molecule has 5 heteroatoms. The Labute approximate surface area is 115 Å². The number of benzene rings is 1. The molecule has 1 N–H and O–H groups in total. The maximum Gasteiger partial charge on any atom is 0.341 e. The molecule has 2 aromatic rings. The van der Waals surface area contributed by atoms with Crippen LogP contribution >= 0.6 is 23.4 Å². The lowest BCUT2D eigenvalue weighted by Crippen LogP contribution is -2.02. The second-order valence-electron chi connectivity index (χ2n) is 3.76. The Morgan fingerprint density at radius 3 is 2.94 bits per heavy atom. The van der Waals surface area contributed by atoms with Crippen molar-refractivity contribution in [2.75, 3.05) is 18.7 Å². The van der Waals surface area contributed by atoms with Crippen molar-refractivity contribution >= 4 is 40.2 Å². The molecular weight excluding hydrogens is 270 g/mol. The summed E-state index contributed by atoms with van der Waals surface area (Å²) in [7, 11) is 1.40. The van der Waals surface area contributed by atoms with E-state index in [1.807, 2.05) is 24.3 Å². The summed E-state index contributed by atoms with van der Waals surface area (Å²) in [6.45, 7) is 0. The Morgan fingerprint density at radius 2 is 2.22 bits per heavy atom. The minimum atomic E-state index is -0.305. The summed E-state index contributed by atoms with van der Waals surface area (Å²) in [4.78, 5) is 15.1. The fourth-order valence-electron chi connectivity index (χ4n) is 1.76. The molecule has 0 saturated heterocycles. The summed E-state index contributed by atoms with van der Waals surface area (Å²) in [6.07, 6.45) is 0.905. The number of thioether (sulfide) groups is 1. The Kier molecular flexibility index (Phi) is 4.55. The number of esters is 1. The van der Waals surface area contributed by atoms with Crippen molar-refractivity contribution < 1.29 is 9.53 Å². The topological polar surface area (TPSA) is 42.1 Å². The molecule has 0 aliphatic carbocycles. The van der Waals surface area contributed by atoms with E-state index in [0.717, 1.165) is 28.1 Å². The molecule has 0 amide bonds. The van der Waals surface area contributed by atoms with Crippen LogP contribution in [0.3, 0.4) is 0 Å². The number of aromatic amines is 1. The zero-order valence-corrected chi connectivity index (χ0v) is 11.6. The quantitative estimate of drug-likeness (QED) is 0.394. The molecule has 0 atom stereocenters. The van der Waals surface area contributed by atoms with E-state index in [1.54, 1.807) is 11.8 Å². The van der Waals surface area contributed by atoms with Gasteiger partial charge in [-0.15, -0.1) is 23.4 Å². The molecule has 0 radical (unpaired) electrons. The van der Waals surface area contributed by atoms with E-state index in [0.29, 0.717) is 11.4 Å². The molecule has 0 bridgehead atoms. The number of halogens is 1. The van der Waals surface area contributed by atoms with Crippen LogP contribution in [0.4, 0.5) is 0 Å². The first-order valence-electron chi connectivity index (χ1n) is 5.65. The Bertz CT molecular complexity index is 553. The van der Waals surface area contributed by atoms with Crippen LogP contribution in [0, 0.1) is 0 Å². The fourth-order valence-corrected chi connectivity index (χ4v) is 3.06. The summed E-state index contributed by atoms with van der Waals surface area (Å²) in [5.41, 5.74) is 1.57. The summed E-state index contributed by atoms with van der Waals surface area (Å²) >= 11 is 7.26. The molecule has 0 unspecified atom stereocenters. The lowest BCUT2D eigenvalue weighted by atomic mass is 10.2. The third-order valence-corrected chi connectivity index (χ3v) is 3.94. The van der Waals surface area contributed by atoms with E-state index in [4.69, 9.17) is 16.3 Å². The number of aromatic nitrogens is 1. The first-order chi connectivity index (χ1) is 8.77. The van der Waals surface area contributed by atoms with Crippen LogP contribution in [-0.2, 0) is 4.74 Å². The van der Waals surface area contributed by atoms with Crippen LogP contribution in [0.15, 0.2) is 29.3 Å². The van der Waals surface area contributed by atoms with E-state index in [1.165, 1.54) is 7.11 Å². The number of nitrogens with one attached hydrogen (secondary N) is 1. The number of para-hydroxylation sites is 1. The summed E-state index contributed by atoms with van der Waals surface area (Å²) < 4.78 is 4.85. The number of ether oxygens (including phenoxy) is 1. The summed E-state index contributed by atoms with van der Waals surface area (Å²) in [5, 5.41) is 1.76. The number of methoxy groups -OCH3 is 1. The first kappa shape index (κ1) is 13.3. The van der Waals surface area contributed by atoms with Gasteiger partial charge in [-0.05, 0) is 12.5 Å². The van der Waals surface area contributed by atoms with Crippen molar-refractivity contribution in [2.45, 2.75) is 11.4 Å². The number of hydrogen-bond donors (Lipinski definition) is 1. The minimum absolute atomic E-state index is 0.305. The molecule has 96 valence electrons. The highest BCUT2D eigenvalue weighted by Gasteiger charge is 2.18. The van der Waals surface area contributed by atoms with Crippen molar-refractivity contribution in [3.63, 3.8) is 0 Å². The van der Waals surface area contributed by atoms with Crippen molar-refractivity contribution in [3.8, 4) is 0 Å². The molecule has 0 fully saturated rings. The molecule has 1 heterocycles. The van der Waals surface area contributed by atoms with Crippen molar-refractivity contribution in [2.24, 2.45) is 0 Å². The van der Waals surface area contributed by atoms with Gasteiger partial charge in [0, 0.05) is 22.5 Å². The van der Waals surface area contributed by atoms with Crippen molar-refractivity contribution in [1.82, 2.24) is 4.98 Å². The summed E-state index contributed by atoms with van der Waals surface area (Å²) in [6, 6.07) is 7.72. The maximum absolute atomic E-state index is 11.9. The van der Waals surface area contributed by atoms with Crippen molar-refractivity contribution in [3.05, 3.63) is 29.8 Å². The van der Waals surface area contributed by atoms with Gasteiger partial charge in [-0.3, -0.25) is 0 Å². The zero-order chi connectivity index (χ0) is 13.0. The molecule has 1 aromatic carbocycles. The van der Waals surface area contributed by atoms with Gasteiger partial charge in [0.15, 0.2) is 0 Å². The van der Waals surface area contributed by atoms with Gasteiger partial charge < -0.3 is 9.72 Å². The molecule has 0 aliphatic rings. The van der Waals surface area contributed by atoms with E-state index >= 15 is 0 Å². The number of H-pyrrole nitrogens is 1. The van der Waals surface area contributed by atoms with Crippen LogP contribution in [0.5, 0.6) is 0 Å². The lowest BCUT2D eigenvalue weighted by Gasteiger charge is -2.02. The number of hydrogen-bond acceptors (Lipinski definition) is 3. The van der Waals surface area contributed by atoms with Gasteiger partial charge >= 0.3 is 5.97 Å². The Balaban J connectivity index is 2.40. The van der Waals surface area contributed by atoms with Gasteiger partial charge in [0.25, 0.3) is 0 Å². The molecule has 0 aliphatic heterocycles. The van der Waals surface area contributed by atoms with Crippen LogP contribution in [0.25, 0.3) is 10.9 Å². The minimum Gasteiger partial charge on any atom is -0.465 e. The number of alkyl halides is 1. The molecule has 2 rings (SSSR count). The van der Waals surface area contributed by atoms with Crippen LogP contribution in [0.2, 0.25) is 0 Å². The second-order valence-corrected chi connectivity index (χ2v) is 5.24. The van der Waals surface area contributed by atoms with Gasteiger partial charge in [-0.25, -0.2) is 4.79 Å². The molecule has 18 heavy (non-hydrogen) atoms. The second kappa shape index (κ2) is 6.16. The van der Waals surface area contributed by atoms with Crippen LogP contribution in [0.1, 0.15) is 16.8 Å². The van der Waals surface area contributed by atoms with E-state index in [9.17, 15) is 4.79 Å². The van der Waals surface area contributed by atoms with Crippen LogP contribution < -0.4 is 0 Å². The summed E-state index contributed by atoms with van der Waals surface area (Å²) in [5.74, 6) is 1.20. The van der Waals surface area contributed by atoms with Crippen LogP contribution in [-0.4, -0.2) is 29.7 Å². The maximum atomic E-state index is 11.9. The average molecular weight is 284 g/mol. The van der Waals surface area contributed by atoms with E-state index in [2.05, 4.69) is 4.98 Å². The zero-order valence-electron chi connectivity index (χ0n) is 10.0. The molecule has 0 saturated carbocycles. The largest absolute Gasteiger partial charge is 0.465 e. The first-order valence-corrected chi connectivity index (χ1v) is 7.17. The molecular formula is C13H14ClNO2S. The Hall–Kier alpha value is -1.13. The van der Waals surface area contributed by atoms with Gasteiger partial charge in [0.05, 0.1) is 17.7 Å². The average Bonchev–Trinajstić information content (AvgIpc) is 2.76. The van der Waals surface area contributed by atoms with Gasteiger partial charge in [0.1, 0.15) is 0 Å². The van der Waals surface area contributed by atoms with Gasteiger partial charge in [-0.2, -0.15) is 0 Å². The molecule has 3 nitrogen and oxygen atoms in total. The number of carbonyl (C=O) groups is 1. The number of rotatable bonds is 5.